The molecule has 0 heterocycles. The molecule has 0 aliphatic heterocycles. The third-order valence-corrected chi connectivity index (χ3v) is 5.33. The van der Waals surface area contributed by atoms with Gasteiger partial charge < -0.3 is 9.47 Å². The Morgan fingerprint density at radius 2 is 1.70 bits per heavy atom. The van der Waals surface area contributed by atoms with Gasteiger partial charge in [-0.25, -0.2) is 9.82 Å². The lowest BCUT2D eigenvalue weighted by Gasteiger charge is -2.12. The Morgan fingerprint density at radius 3 is 2.48 bits per heavy atom. The molecule has 0 aromatic heterocycles. The van der Waals surface area contributed by atoms with Crippen LogP contribution < -0.4 is 14.9 Å². The number of hydrogen-bond acceptors (Lipinski definition) is 4. The maximum absolute atomic E-state index is 13.2. The summed E-state index contributed by atoms with van der Waals surface area (Å²) in [7, 11) is 0. The number of fused-ring (bicyclic) bond motifs is 1. The first-order chi connectivity index (χ1) is 16.1. The van der Waals surface area contributed by atoms with Crippen LogP contribution in [0, 0.1) is 5.82 Å². The van der Waals surface area contributed by atoms with Crippen molar-refractivity contribution in [2.24, 2.45) is 5.10 Å². The van der Waals surface area contributed by atoms with Gasteiger partial charge in [-0.1, -0.05) is 58.4 Å². The number of halogens is 2. The summed E-state index contributed by atoms with van der Waals surface area (Å²) in [4.78, 5) is 12.1. The summed E-state index contributed by atoms with van der Waals surface area (Å²) in [5.74, 6) is 0.505. The SMILES string of the molecule is O=C(COc1ccc(Br)cc1)NN=Cc1c(OCc2ccc(F)cc2)ccc2ccccc12. The highest BCUT2D eigenvalue weighted by molar-refractivity contribution is 9.10. The lowest BCUT2D eigenvalue weighted by atomic mass is 10.0. The van der Waals surface area contributed by atoms with E-state index in [0.717, 1.165) is 26.4 Å². The first kappa shape index (κ1) is 22.5. The van der Waals surface area contributed by atoms with Crippen LogP contribution in [0.15, 0.2) is 94.5 Å². The fourth-order valence-electron chi connectivity index (χ4n) is 3.16. The zero-order valence-electron chi connectivity index (χ0n) is 17.5. The maximum Gasteiger partial charge on any atom is 0.277 e. The zero-order valence-corrected chi connectivity index (χ0v) is 19.1. The predicted molar refractivity (Wildman–Crippen MR) is 130 cm³/mol. The van der Waals surface area contributed by atoms with Gasteiger partial charge in [0.15, 0.2) is 6.61 Å². The van der Waals surface area contributed by atoms with Gasteiger partial charge in [-0.05, 0) is 58.8 Å². The molecule has 1 N–H and O–H groups in total. The van der Waals surface area contributed by atoms with E-state index in [9.17, 15) is 9.18 Å². The molecule has 1 amide bonds. The largest absolute Gasteiger partial charge is 0.488 e. The minimum Gasteiger partial charge on any atom is -0.488 e. The number of amides is 1. The van der Waals surface area contributed by atoms with Crippen molar-refractivity contribution in [1.29, 1.82) is 0 Å². The van der Waals surface area contributed by atoms with E-state index in [4.69, 9.17) is 9.47 Å². The molecular formula is C26H20BrFN2O3. The van der Waals surface area contributed by atoms with Crippen LogP contribution in [0.2, 0.25) is 0 Å². The van der Waals surface area contributed by atoms with Gasteiger partial charge >= 0.3 is 0 Å². The Hall–Kier alpha value is -3.71. The molecule has 0 saturated carbocycles. The smallest absolute Gasteiger partial charge is 0.277 e. The molecule has 0 atom stereocenters. The molecule has 0 fully saturated rings. The number of benzene rings is 4. The molecule has 0 spiro atoms. The normalized spacial score (nSPS) is 11.0. The lowest BCUT2D eigenvalue weighted by Crippen LogP contribution is -2.24. The van der Waals surface area contributed by atoms with Crippen LogP contribution in [-0.4, -0.2) is 18.7 Å². The first-order valence-electron chi connectivity index (χ1n) is 10.2. The zero-order chi connectivity index (χ0) is 23.0. The number of rotatable bonds is 8. The Labute approximate surface area is 199 Å². The average Bonchev–Trinajstić information content (AvgIpc) is 2.84. The molecule has 4 rings (SSSR count). The highest BCUT2D eigenvalue weighted by Crippen LogP contribution is 2.27. The molecule has 0 aliphatic carbocycles. The van der Waals surface area contributed by atoms with Crippen molar-refractivity contribution in [2.75, 3.05) is 6.61 Å². The molecule has 33 heavy (non-hydrogen) atoms. The van der Waals surface area contributed by atoms with Gasteiger partial charge in [0.2, 0.25) is 0 Å². The topological polar surface area (TPSA) is 59.9 Å². The molecule has 4 aromatic carbocycles. The second-order valence-electron chi connectivity index (χ2n) is 7.15. The van der Waals surface area contributed by atoms with Crippen LogP contribution in [0.1, 0.15) is 11.1 Å². The third-order valence-electron chi connectivity index (χ3n) is 4.80. The molecule has 166 valence electrons. The van der Waals surface area contributed by atoms with Crippen LogP contribution in [0.5, 0.6) is 11.5 Å². The number of nitrogens with one attached hydrogen (secondary N) is 1. The number of nitrogens with zero attached hydrogens (tertiary/aromatic N) is 1. The fraction of sp³-hybridized carbons (Fsp3) is 0.0769. The van der Waals surface area contributed by atoms with Gasteiger partial charge in [0.25, 0.3) is 5.91 Å². The Balaban J connectivity index is 1.45. The van der Waals surface area contributed by atoms with E-state index in [1.165, 1.54) is 12.1 Å². The summed E-state index contributed by atoms with van der Waals surface area (Å²) in [6.45, 7) is 0.106. The summed E-state index contributed by atoms with van der Waals surface area (Å²) < 4.78 is 25.5. The van der Waals surface area contributed by atoms with Gasteiger partial charge in [-0.3, -0.25) is 4.79 Å². The van der Waals surface area contributed by atoms with E-state index in [-0.39, 0.29) is 24.9 Å². The van der Waals surface area contributed by atoms with Gasteiger partial charge in [-0.2, -0.15) is 5.10 Å². The highest BCUT2D eigenvalue weighted by Gasteiger charge is 2.09. The van der Waals surface area contributed by atoms with Gasteiger partial charge in [-0.15, -0.1) is 0 Å². The lowest BCUT2D eigenvalue weighted by molar-refractivity contribution is -0.123. The van der Waals surface area contributed by atoms with E-state index in [0.29, 0.717) is 11.5 Å². The minimum atomic E-state index is -0.386. The van der Waals surface area contributed by atoms with Crippen molar-refractivity contribution in [2.45, 2.75) is 6.61 Å². The van der Waals surface area contributed by atoms with Crippen molar-refractivity contribution in [3.63, 3.8) is 0 Å². The number of ether oxygens (including phenoxy) is 2. The summed E-state index contributed by atoms with van der Waals surface area (Å²) in [5.41, 5.74) is 4.05. The van der Waals surface area contributed by atoms with Gasteiger partial charge in [0, 0.05) is 10.0 Å². The number of carbonyl (C=O) groups is 1. The molecule has 0 saturated heterocycles. The first-order valence-corrected chi connectivity index (χ1v) is 11.0. The average molecular weight is 507 g/mol. The highest BCUT2D eigenvalue weighted by atomic mass is 79.9. The summed E-state index contributed by atoms with van der Waals surface area (Å²) in [6.07, 6.45) is 1.56. The van der Waals surface area contributed by atoms with Crippen molar-refractivity contribution in [3.8, 4) is 11.5 Å². The van der Waals surface area contributed by atoms with E-state index in [1.807, 2.05) is 48.5 Å². The summed E-state index contributed by atoms with van der Waals surface area (Å²) in [5, 5.41) is 6.04. The van der Waals surface area contributed by atoms with Crippen LogP contribution in [0.3, 0.4) is 0 Å². The maximum atomic E-state index is 13.2. The van der Waals surface area contributed by atoms with Crippen LogP contribution in [0.25, 0.3) is 10.8 Å². The predicted octanol–water partition coefficient (Wildman–Crippen LogP) is 5.85. The molecule has 0 unspecified atom stereocenters. The van der Waals surface area contributed by atoms with Crippen molar-refractivity contribution < 1.29 is 18.7 Å². The third kappa shape index (κ3) is 6.17. The Morgan fingerprint density at radius 1 is 0.939 bits per heavy atom. The number of hydrazone groups is 1. The molecule has 7 heteroatoms. The second-order valence-corrected chi connectivity index (χ2v) is 8.07. The fourth-order valence-corrected chi connectivity index (χ4v) is 3.42. The molecule has 0 bridgehead atoms. The number of hydrogen-bond donors (Lipinski definition) is 1. The van der Waals surface area contributed by atoms with Crippen LogP contribution in [0.4, 0.5) is 4.39 Å². The monoisotopic (exact) mass is 506 g/mol. The van der Waals surface area contributed by atoms with Gasteiger partial charge in [0.05, 0.1) is 6.21 Å². The van der Waals surface area contributed by atoms with E-state index in [1.54, 1.807) is 30.5 Å². The van der Waals surface area contributed by atoms with Crippen molar-refractivity contribution in [1.82, 2.24) is 5.43 Å². The summed E-state index contributed by atoms with van der Waals surface area (Å²) in [6, 6.07) is 25.0. The Bertz CT molecular complexity index is 1280. The molecule has 5 nitrogen and oxygen atoms in total. The van der Waals surface area contributed by atoms with E-state index in [2.05, 4.69) is 26.5 Å². The van der Waals surface area contributed by atoms with Crippen molar-refractivity contribution in [3.05, 3.63) is 106 Å². The van der Waals surface area contributed by atoms with Gasteiger partial charge in [0.1, 0.15) is 23.9 Å². The van der Waals surface area contributed by atoms with E-state index >= 15 is 0 Å². The standard InChI is InChI=1S/C26H20BrFN2O3/c27-20-8-12-22(13-9-20)32-17-26(31)30-29-15-24-23-4-2-1-3-19(23)7-14-25(24)33-16-18-5-10-21(28)11-6-18/h1-15H,16-17H2,(H,30,31). The molecule has 0 aliphatic rings. The minimum absolute atomic E-state index is 0.164. The number of carbonyl (C=O) groups excluding carboxylic acids is 1. The van der Waals surface area contributed by atoms with Crippen LogP contribution in [-0.2, 0) is 11.4 Å². The second kappa shape index (κ2) is 10.7. The Kier molecular flexibility index (Phi) is 7.32. The quantitative estimate of drug-likeness (QED) is 0.241. The van der Waals surface area contributed by atoms with E-state index < -0.39 is 0 Å². The van der Waals surface area contributed by atoms with Crippen molar-refractivity contribution >= 4 is 38.8 Å². The summed E-state index contributed by atoms with van der Waals surface area (Å²) >= 11 is 3.35. The molecule has 4 aromatic rings. The molecular weight excluding hydrogens is 487 g/mol. The molecule has 0 radical (unpaired) electrons. The van der Waals surface area contributed by atoms with Crippen LogP contribution >= 0.6 is 15.9 Å².